The van der Waals surface area contributed by atoms with E-state index in [1.54, 1.807) is 12.4 Å². The largest absolute Gasteiger partial charge is 0.354 e. The zero-order valence-corrected chi connectivity index (χ0v) is 10.8. The average molecular weight is 264 g/mol. The molecule has 0 bridgehead atoms. The normalized spacial score (nSPS) is 10.9. The predicted molar refractivity (Wildman–Crippen MR) is 70.9 cm³/mol. The number of nitrogens with one attached hydrogen (secondary N) is 3. The van der Waals surface area contributed by atoms with Crippen LogP contribution in [0.5, 0.6) is 0 Å². The molecule has 3 N–H and O–H groups in total. The summed E-state index contributed by atoms with van der Waals surface area (Å²) in [5.41, 5.74) is 2.40. The Morgan fingerprint density at radius 1 is 1.42 bits per heavy atom. The molecule has 0 saturated heterocycles. The first kappa shape index (κ1) is 13.3. The monoisotopic (exact) mass is 264 g/mol. The van der Waals surface area contributed by atoms with Crippen LogP contribution in [0.2, 0.25) is 0 Å². The van der Waals surface area contributed by atoms with Crippen LogP contribution in [-0.2, 0) is 9.47 Å². The fourth-order valence-corrected chi connectivity index (χ4v) is 1.63. The molecule has 0 aliphatic carbocycles. The molecular formula is C12H16N4O3. The number of aromatic amines is 1. The summed E-state index contributed by atoms with van der Waals surface area (Å²) in [5, 5.41) is 5.37. The number of methoxy groups -OCH3 is 2. The summed E-state index contributed by atoms with van der Waals surface area (Å²) in [4.78, 5) is 18.7. The number of anilines is 1. The molecule has 19 heavy (non-hydrogen) atoms. The van der Waals surface area contributed by atoms with Gasteiger partial charge in [0, 0.05) is 19.9 Å². The number of amides is 2. The molecule has 0 atom stereocenters. The van der Waals surface area contributed by atoms with Crippen LogP contribution in [0.25, 0.3) is 11.0 Å². The third kappa shape index (κ3) is 3.43. The fourth-order valence-electron chi connectivity index (χ4n) is 1.63. The number of hydrogen-bond donors (Lipinski definition) is 3. The number of H-pyrrole nitrogens is 1. The lowest BCUT2D eigenvalue weighted by atomic mass is 10.3. The smallest absolute Gasteiger partial charge is 0.319 e. The van der Waals surface area contributed by atoms with Crippen LogP contribution < -0.4 is 10.6 Å². The number of nitrogens with zero attached hydrogens (tertiary/aromatic N) is 1. The summed E-state index contributed by atoms with van der Waals surface area (Å²) in [6, 6.07) is 5.10. The lowest BCUT2D eigenvalue weighted by Gasteiger charge is -2.14. The summed E-state index contributed by atoms with van der Waals surface area (Å²) in [6.45, 7) is 0.269. The van der Waals surface area contributed by atoms with Gasteiger partial charge in [-0.25, -0.2) is 9.78 Å². The zero-order valence-electron chi connectivity index (χ0n) is 10.8. The van der Waals surface area contributed by atoms with Crippen LogP contribution in [0, 0.1) is 0 Å². The highest BCUT2D eigenvalue weighted by atomic mass is 16.7. The van der Waals surface area contributed by atoms with Gasteiger partial charge in [0.25, 0.3) is 0 Å². The molecule has 2 rings (SSSR count). The van der Waals surface area contributed by atoms with Crippen LogP contribution in [0.15, 0.2) is 24.5 Å². The van der Waals surface area contributed by atoms with E-state index in [9.17, 15) is 4.79 Å². The van der Waals surface area contributed by atoms with Crippen LogP contribution >= 0.6 is 0 Å². The second-order valence-corrected chi connectivity index (χ2v) is 3.87. The standard InChI is InChI=1S/C12H16N4O3/c1-18-11(19-2)6-13-12(17)16-8-3-4-9-10(5-8)15-7-14-9/h3-5,7,11H,6H2,1-2H3,(H,14,15)(H2,13,16,17). The Balaban J connectivity index is 1.91. The van der Waals surface area contributed by atoms with Gasteiger partial charge < -0.3 is 25.1 Å². The van der Waals surface area contributed by atoms with Gasteiger partial charge in [0.1, 0.15) is 0 Å². The molecule has 0 saturated carbocycles. The van der Waals surface area contributed by atoms with E-state index in [0.29, 0.717) is 5.69 Å². The Hall–Kier alpha value is -2.12. The Kier molecular flexibility index (Phi) is 4.32. The van der Waals surface area contributed by atoms with Crippen molar-refractivity contribution >= 4 is 22.8 Å². The minimum Gasteiger partial charge on any atom is -0.354 e. The molecular weight excluding hydrogens is 248 g/mol. The number of urea groups is 1. The van der Waals surface area contributed by atoms with Gasteiger partial charge in [0.05, 0.1) is 23.9 Å². The van der Waals surface area contributed by atoms with Crippen LogP contribution in [0.4, 0.5) is 10.5 Å². The summed E-state index contributed by atoms with van der Waals surface area (Å²) < 4.78 is 9.94. The number of fused-ring (bicyclic) bond motifs is 1. The van der Waals surface area contributed by atoms with Crippen LogP contribution in [0.3, 0.4) is 0 Å². The van der Waals surface area contributed by atoms with E-state index in [4.69, 9.17) is 9.47 Å². The highest BCUT2D eigenvalue weighted by Crippen LogP contribution is 2.15. The zero-order chi connectivity index (χ0) is 13.7. The number of hydrogen-bond acceptors (Lipinski definition) is 4. The van der Waals surface area contributed by atoms with Gasteiger partial charge in [-0.15, -0.1) is 0 Å². The highest BCUT2D eigenvalue weighted by Gasteiger charge is 2.08. The topological polar surface area (TPSA) is 88.3 Å². The first-order valence-corrected chi connectivity index (χ1v) is 5.76. The van der Waals surface area contributed by atoms with E-state index in [0.717, 1.165) is 11.0 Å². The van der Waals surface area contributed by atoms with Crippen molar-refractivity contribution < 1.29 is 14.3 Å². The van der Waals surface area contributed by atoms with Crippen LogP contribution in [-0.4, -0.2) is 43.1 Å². The molecule has 0 aliphatic rings. The van der Waals surface area contributed by atoms with Crippen molar-refractivity contribution in [3.05, 3.63) is 24.5 Å². The third-order valence-electron chi connectivity index (χ3n) is 2.63. The molecule has 1 aromatic heterocycles. The van der Waals surface area contributed by atoms with Crippen molar-refractivity contribution in [3.63, 3.8) is 0 Å². The van der Waals surface area contributed by atoms with Crippen molar-refractivity contribution in [2.24, 2.45) is 0 Å². The molecule has 0 fully saturated rings. The molecule has 1 heterocycles. The van der Waals surface area contributed by atoms with E-state index in [2.05, 4.69) is 20.6 Å². The number of carbonyl (C=O) groups is 1. The fraction of sp³-hybridized carbons (Fsp3) is 0.333. The van der Waals surface area contributed by atoms with E-state index in [-0.39, 0.29) is 12.6 Å². The first-order valence-electron chi connectivity index (χ1n) is 5.76. The SMILES string of the molecule is COC(CNC(=O)Nc1ccc2nc[nH]c2c1)OC. The van der Waals surface area contributed by atoms with E-state index >= 15 is 0 Å². The van der Waals surface area contributed by atoms with E-state index < -0.39 is 6.29 Å². The van der Waals surface area contributed by atoms with Gasteiger partial charge in [-0.2, -0.15) is 0 Å². The van der Waals surface area contributed by atoms with Gasteiger partial charge in [0.15, 0.2) is 6.29 Å². The quantitative estimate of drug-likeness (QED) is 0.710. The summed E-state index contributed by atoms with van der Waals surface area (Å²) in [5.74, 6) is 0. The lowest BCUT2D eigenvalue weighted by Crippen LogP contribution is -2.36. The number of rotatable bonds is 5. The minimum absolute atomic E-state index is 0.269. The first-order chi connectivity index (χ1) is 9.22. The van der Waals surface area contributed by atoms with Gasteiger partial charge in [-0.1, -0.05) is 0 Å². The molecule has 102 valence electrons. The van der Waals surface area contributed by atoms with Gasteiger partial charge >= 0.3 is 6.03 Å². The maximum Gasteiger partial charge on any atom is 0.319 e. The lowest BCUT2D eigenvalue weighted by molar-refractivity contribution is -0.0970. The maximum atomic E-state index is 11.7. The molecule has 7 nitrogen and oxygen atoms in total. The van der Waals surface area contributed by atoms with Crippen molar-refractivity contribution in [2.75, 3.05) is 26.1 Å². The molecule has 2 amide bonds. The number of benzene rings is 1. The molecule has 0 spiro atoms. The maximum absolute atomic E-state index is 11.7. The Morgan fingerprint density at radius 2 is 2.21 bits per heavy atom. The number of aromatic nitrogens is 2. The number of imidazole rings is 1. The predicted octanol–water partition coefficient (Wildman–Crippen LogP) is 1.30. The van der Waals surface area contributed by atoms with E-state index in [1.807, 2.05) is 12.1 Å². The number of ether oxygens (including phenoxy) is 2. The van der Waals surface area contributed by atoms with Crippen LogP contribution in [0.1, 0.15) is 0 Å². The Labute approximate surface area is 110 Å². The summed E-state index contributed by atoms with van der Waals surface area (Å²) in [6.07, 6.45) is 1.15. The van der Waals surface area contributed by atoms with Crippen molar-refractivity contribution in [1.82, 2.24) is 15.3 Å². The van der Waals surface area contributed by atoms with Crippen molar-refractivity contribution in [2.45, 2.75) is 6.29 Å². The summed E-state index contributed by atoms with van der Waals surface area (Å²) >= 11 is 0. The third-order valence-corrected chi connectivity index (χ3v) is 2.63. The van der Waals surface area contributed by atoms with Gasteiger partial charge in [-0.3, -0.25) is 0 Å². The Morgan fingerprint density at radius 3 is 2.95 bits per heavy atom. The minimum atomic E-state index is -0.458. The van der Waals surface area contributed by atoms with Gasteiger partial charge in [-0.05, 0) is 18.2 Å². The number of carbonyl (C=O) groups excluding carboxylic acids is 1. The Bertz CT molecular complexity index is 551. The van der Waals surface area contributed by atoms with Gasteiger partial charge in [0.2, 0.25) is 0 Å². The molecule has 0 radical (unpaired) electrons. The average Bonchev–Trinajstić information content (AvgIpc) is 2.87. The summed E-state index contributed by atoms with van der Waals surface area (Å²) in [7, 11) is 3.03. The molecule has 2 aromatic rings. The molecule has 1 aromatic carbocycles. The molecule has 0 unspecified atom stereocenters. The highest BCUT2D eigenvalue weighted by molar-refractivity contribution is 5.91. The second-order valence-electron chi connectivity index (χ2n) is 3.87. The van der Waals surface area contributed by atoms with Crippen molar-refractivity contribution in [3.8, 4) is 0 Å². The second kappa shape index (κ2) is 6.17. The van der Waals surface area contributed by atoms with E-state index in [1.165, 1.54) is 14.2 Å². The van der Waals surface area contributed by atoms with Crippen molar-refractivity contribution in [1.29, 1.82) is 0 Å². The molecule has 0 aliphatic heterocycles. The molecule has 7 heteroatoms.